The number of piperidine rings is 1. The van der Waals surface area contributed by atoms with E-state index in [9.17, 15) is 4.79 Å². The topological polar surface area (TPSA) is 20.3 Å². The Morgan fingerprint density at radius 1 is 1.10 bits per heavy atom. The zero-order chi connectivity index (χ0) is 14.8. The Hall–Kier alpha value is -0.870. The number of fused-ring (bicyclic) bond motifs is 1. The Morgan fingerprint density at radius 3 is 2.48 bits per heavy atom. The fraction of sp³-hybridized carbons (Fsp3) is 0.353. The molecule has 110 valence electrons. The van der Waals surface area contributed by atoms with Crippen LogP contribution in [0.4, 0.5) is 0 Å². The summed E-state index contributed by atoms with van der Waals surface area (Å²) in [7, 11) is 0. The molecular weight excluding hydrogens is 394 g/mol. The van der Waals surface area contributed by atoms with E-state index in [-0.39, 0.29) is 5.91 Å². The summed E-state index contributed by atoms with van der Waals surface area (Å²) >= 11 is 7.01. The van der Waals surface area contributed by atoms with Crippen molar-refractivity contribution in [1.82, 2.24) is 4.90 Å². The SMILES string of the molecule is O=C(c1ccc2cc(Br)ccc2c1)N1CCC(CBr)CC1. The van der Waals surface area contributed by atoms with Gasteiger partial charge in [-0.3, -0.25) is 4.79 Å². The number of carbonyl (C=O) groups excluding carboxylic acids is 1. The molecule has 3 rings (SSSR count). The molecule has 21 heavy (non-hydrogen) atoms. The van der Waals surface area contributed by atoms with E-state index >= 15 is 0 Å². The van der Waals surface area contributed by atoms with Gasteiger partial charge in [0.05, 0.1) is 0 Å². The molecule has 0 atom stereocenters. The summed E-state index contributed by atoms with van der Waals surface area (Å²) in [6.07, 6.45) is 2.19. The second-order valence-corrected chi connectivity index (χ2v) is 7.16. The summed E-state index contributed by atoms with van der Waals surface area (Å²) in [6, 6.07) is 12.1. The van der Waals surface area contributed by atoms with E-state index in [0.29, 0.717) is 5.92 Å². The summed E-state index contributed by atoms with van der Waals surface area (Å²) in [5, 5.41) is 3.30. The van der Waals surface area contributed by atoms with E-state index in [1.165, 1.54) is 0 Å². The molecule has 0 N–H and O–H groups in total. The van der Waals surface area contributed by atoms with Crippen LogP contribution in [0.15, 0.2) is 40.9 Å². The van der Waals surface area contributed by atoms with Crippen molar-refractivity contribution in [1.29, 1.82) is 0 Å². The van der Waals surface area contributed by atoms with Gasteiger partial charge in [0.2, 0.25) is 0 Å². The minimum atomic E-state index is 0.160. The van der Waals surface area contributed by atoms with Gasteiger partial charge in [-0.2, -0.15) is 0 Å². The predicted octanol–water partition coefficient (Wildman–Crippen LogP) is 4.85. The molecule has 0 aliphatic carbocycles. The molecule has 4 heteroatoms. The highest BCUT2D eigenvalue weighted by molar-refractivity contribution is 9.10. The van der Waals surface area contributed by atoms with Crippen LogP contribution in [0.5, 0.6) is 0 Å². The number of alkyl halides is 1. The Labute approximate surface area is 141 Å². The van der Waals surface area contributed by atoms with Crippen LogP contribution in [0.25, 0.3) is 10.8 Å². The van der Waals surface area contributed by atoms with E-state index in [1.54, 1.807) is 0 Å². The van der Waals surface area contributed by atoms with Crippen LogP contribution in [0, 0.1) is 5.92 Å². The van der Waals surface area contributed by atoms with Crippen molar-refractivity contribution in [2.24, 2.45) is 5.92 Å². The molecule has 0 bridgehead atoms. The molecule has 2 aromatic rings. The Kier molecular flexibility index (Phi) is 4.65. The van der Waals surface area contributed by atoms with E-state index in [2.05, 4.69) is 37.9 Å². The van der Waals surface area contributed by atoms with E-state index in [0.717, 1.165) is 52.1 Å². The van der Waals surface area contributed by atoms with Gasteiger partial charge in [-0.25, -0.2) is 0 Å². The molecule has 1 aliphatic heterocycles. The van der Waals surface area contributed by atoms with Crippen molar-refractivity contribution < 1.29 is 4.79 Å². The van der Waals surface area contributed by atoms with Gasteiger partial charge in [0, 0.05) is 28.5 Å². The quantitative estimate of drug-likeness (QED) is 0.648. The number of amides is 1. The first-order chi connectivity index (χ1) is 10.2. The number of hydrogen-bond donors (Lipinski definition) is 0. The average Bonchev–Trinajstić information content (AvgIpc) is 2.53. The third kappa shape index (κ3) is 3.32. The van der Waals surface area contributed by atoms with Crippen LogP contribution in [0.1, 0.15) is 23.2 Å². The van der Waals surface area contributed by atoms with Crippen molar-refractivity contribution in [3.63, 3.8) is 0 Å². The van der Waals surface area contributed by atoms with Crippen LogP contribution in [0.2, 0.25) is 0 Å². The predicted molar refractivity (Wildman–Crippen MR) is 94.1 cm³/mol. The van der Waals surface area contributed by atoms with Crippen molar-refractivity contribution >= 4 is 48.5 Å². The first kappa shape index (κ1) is 15.0. The molecule has 2 aromatic carbocycles. The summed E-state index contributed by atoms with van der Waals surface area (Å²) in [4.78, 5) is 14.6. The summed E-state index contributed by atoms with van der Waals surface area (Å²) in [6.45, 7) is 1.74. The van der Waals surface area contributed by atoms with Crippen LogP contribution in [-0.2, 0) is 0 Å². The summed E-state index contributed by atoms with van der Waals surface area (Å²) in [5.74, 6) is 0.871. The first-order valence-electron chi connectivity index (χ1n) is 7.22. The lowest BCUT2D eigenvalue weighted by atomic mass is 9.98. The number of rotatable bonds is 2. The molecule has 2 nitrogen and oxygen atoms in total. The Morgan fingerprint density at radius 2 is 1.76 bits per heavy atom. The fourth-order valence-electron chi connectivity index (χ4n) is 2.82. The van der Waals surface area contributed by atoms with Crippen LogP contribution >= 0.6 is 31.9 Å². The second-order valence-electron chi connectivity index (χ2n) is 5.60. The van der Waals surface area contributed by atoms with E-state index < -0.39 is 0 Å². The number of likely N-dealkylation sites (tertiary alicyclic amines) is 1. The van der Waals surface area contributed by atoms with Gasteiger partial charge in [0.25, 0.3) is 5.91 Å². The molecule has 0 saturated carbocycles. The molecule has 0 aromatic heterocycles. The maximum absolute atomic E-state index is 12.6. The maximum Gasteiger partial charge on any atom is 0.253 e. The van der Waals surface area contributed by atoms with Gasteiger partial charge in [0.1, 0.15) is 0 Å². The Bertz CT molecular complexity index is 663. The van der Waals surface area contributed by atoms with Crippen LogP contribution in [0.3, 0.4) is 0 Å². The number of hydrogen-bond acceptors (Lipinski definition) is 1. The molecule has 1 saturated heterocycles. The zero-order valence-corrected chi connectivity index (χ0v) is 14.9. The lowest BCUT2D eigenvalue weighted by Crippen LogP contribution is -2.38. The number of halogens is 2. The van der Waals surface area contributed by atoms with Gasteiger partial charge in [-0.05, 0) is 53.8 Å². The van der Waals surface area contributed by atoms with Crippen LogP contribution in [-0.4, -0.2) is 29.2 Å². The lowest BCUT2D eigenvalue weighted by molar-refractivity contribution is 0.0699. The Balaban J connectivity index is 1.80. The monoisotopic (exact) mass is 409 g/mol. The molecule has 0 spiro atoms. The molecule has 1 amide bonds. The minimum Gasteiger partial charge on any atom is -0.339 e. The third-order valence-corrected chi connectivity index (χ3v) is 5.58. The smallest absolute Gasteiger partial charge is 0.253 e. The zero-order valence-electron chi connectivity index (χ0n) is 11.7. The van der Waals surface area contributed by atoms with E-state index in [4.69, 9.17) is 0 Å². The third-order valence-electron chi connectivity index (χ3n) is 4.17. The molecular formula is C17H17Br2NO. The lowest BCUT2D eigenvalue weighted by Gasteiger charge is -2.31. The second kappa shape index (κ2) is 6.49. The largest absolute Gasteiger partial charge is 0.339 e. The standard InChI is InChI=1S/C17H17Br2NO/c18-11-12-5-7-20(8-6-12)17(21)15-2-1-14-10-16(19)4-3-13(14)9-15/h1-4,9-10,12H,5-8,11H2. The number of carbonyl (C=O) groups is 1. The van der Waals surface area contributed by atoms with E-state index in [1.807, 2.05) is 35.2 Å². The van der Waals surface area contributed by atoms with Gasteiger partial charge in [0.15, 0.2) is 0 Å². The van der Waals surface area contributed by atoms with Crippen molar-refractivity contribution in [3.8, 4) is 0 Å². The number of benzene rings is 2. The summed E-state index contributed by atoms with van der Waals surface area (Å²) < 4.78 is 1.06. The van der Waals surface area contributed by atoms with Gasteiger partial charge in [-0.1, -0.05) is 44.0 Å². The summed E-state index contributed by atoms with van der Waals surface area (Å²) in [5.41, 5.74) is 0.794. The number of nitrogens with zero attached hydrogens (tertiary/aromatic N) is 1. The van der Waals surface area contributed by atoms with Crippen LogP contribution < -0.4 is 0 Å². The molecule has 1 aliphatic rings. The van der Waals surface area contributed by atoms with Crippen molar-refractivity contribution in [2.75, 3.05) is 18.4 Å². The highest BCUT2D eigenvalue weighted by Gasteiger charge is 2.23. The molecule has 1 fully saturated rings. The highest BCUT2D eigenvalue weighted by atomic mass is 79.9. The maximum atomic E-state index is 12.6. The normalized spacial score (nSPS) is 16.4. The molecule has 0 radical (unpaired) electrons. The fourth-order valence-corrected chi connectivity index (χ4v) is 3.85. The molecule has 1 heterocycles. The minimum absolute atomic E-state index is 0.160. The van der Waals surface area contributed by atoms with Gasteiger partial charge < -0.3 is 4.90 Å². The van der Waals surface area contributed by atoms with Gasteiger partial charge >= 0.3 is 0 Å². The highest BCUT2D eigenvalue weighted by Crippen LogP contribution is 2.24. The molecule has 0 unspecified atom stereocenters. The van der Waals surface area contributed by atoms with Gasteiger partial charge in [-0.15, -0.1) is 0 Å². The van der Waals surface area contributed by atoms with Crippen molar-refractivity contribution in [3.05, 3.63) is 46.4 Å². The van der Waals surface area contributed by atoms with Crippen molar-refractivity contribution in [2.45, 2.75) is 12.8 Å². The first-order valence-corrected chi connectivity index (χ1v) is 9.13. The average molecular weight is 411 g/mol.